The van der Waals surface area contributed by atoms with Gasteiger partial charge in [-0.25, -0.2) is 4.39 Å². The topological polar surface area (TPSA) is 18.5 Å². The minimum Gasteiger partial charge on any atom is -0.489 e. The Balaban J connectivity index is 2.05. The van der Waals surface area contributed by atoms with Gasteiger partial charge in [-0.2, -0.15) is 0 Å². The maximum Gasteiger partial charge on any atom is 0.127 e. The summed E-state index contributed by atoms with van der Waals surface area (Å²) in [5, 5.41) is 0. The van der Waals surface area contributed by atoms with Crippen LogP contribution in [0.5, 0.6) is 5.75 Å². The highest BCUT2D eigenvalue weighted by Crippen LogP contribution is 2.18. The van der Waals surface area contributed by atoms with Crippen molar-refractivity contribution < 1.29 is 13.9 Å². The summed E-state index contributed by atoms with van der Waals surface area (Å²) in [6.45, 7) is 0.802. The fourth-order valence-corrected chi connectivity index (χ4v) is 1.69. The van der Waals surface area contributed by atoms with Crippen LogP contribution < -0.4 is 4.74 Å². The summed E-state index contributed by atoms with van der Waals surface area (Å²) >= 11 is 0. The normalized spacial score (nSPS) is 10.3. The lowest BCUT2D eigenvalue weighted by atomic mass is 10.2. The molecule has 0 aliphatic carbocycles. The van der Waals surface area contributed by atoms with Crippen LogP contribution in [-0.4, -0.2) is 7.11 Å². The molecule has 2 nitrogen and oxygen atoms in total. The van der Waals surface area contributed by atoms with Crippen LogP contribution in [0.3, 0.4) is 0 Å². The molecule has 0 N–H and O–H groups in total. The van der Waals surface area contributed by atoms with Crippen LogP contribution in [0.4, 0.5) is 4.39 Å². The molecule has 0 unspecified atom stereocenters. The molecule has 3 heteroatoms. The Bertz CT molecular complexity index is 497. The Morgan fingerprint density at radius 1 is 0.944 bits per heavy atom. The van der Waals surface area contributed by atoms with Crippen LogP contribution in [0.25, 0.3) is 0 Å². The van der Waals surface area contributed by atoms with Gasteiger partial charge in [-0.15, -0.1) is 0 Å². The molecule has 18 heavy (non-hydrogen) atoms. The predicted molar refractivity (Wildman–Crippen MR) is 67.9 cm³/mol. The third kappa shape index (κ3) is 3.57. The Morgan fingerprint density at radius 3 is 2.44 bits per heavy atom. The van der Waals surface area contributed by atoms with Gasteiger partial charge in [-0.3, -0.25) is 0 Å². The number of halogens is 1. The molecule has 0 saturated carbocycles. The van der Waals surface area contributed by atoms with Gasteiger partial charge in [-0.1, -0.05) is 30.3 Å². The lowest BCUT2D eigenvalue weighted by Crippen LogP contribution is -1.97. The summed E-state index contributed by atoms with van der Waals surface area (Å²) in [6.07, 6.45) is 0. The van der Waals surface area contributed by atoms with Crippen molar-refractivity contribution in [2.45, 2.75) is 13.2 Å². The van der Waals surface area contributed by atoms with E-state index in [1.165, 1.54) is 12.1 Å². The van der Waals surface area contributed by atoms with E-state index in [9.17, 15) is 4.39 Å². The van der Waals surface area contributed by atoms with E-state index in [0.29, 0.717) is 19.0 Å². The van der Waals surface area contributed by atoms with Crippen LogP contribution in [0, 0.1) is 5.82 Å². The highest BCUT2D eigenvalue weighted by Gasteiger charge is 2.02. The number of benzene rings is 2. The summed E-state index contributed by atoms with van der Waals surface area (Å²) in [5.41, 5.74) is 1.82. The van der Waals surface area contributed by atoms with Crippen LogP contribution >= 0.6 is 0 Å². The van der Waals surface area contributed by atoms with Crippen molar-refractivity contribution in [2.24, 2.45) is 0 Å². The van der Waals surface area contributed by atoms with Gasteiger partial charge in [0.25, 0.3) is 0 Å². The second-order valence-electron chi connectivity index (χ2n) is 4.00. The molecule has 0 saturated heterocycles. The third-order valence-electron chi connectivity index (χ3n) is 2.49. The summed E-state index contributed by atoms with van der Waals surface area (Å²) in [7, 11) is 1.58. The van der Waals surface area contributed by atoms with Crippen molar-refractivity contribution in [3.63, 3.8) is 0 Å². The van der Waals surface area contributed by atoms with Crippen molar-refractivity contribution in [1.82, 2.24) is 0 Å². The molecular formula is C15H15FO2. The molecule has 0 fully saturated rings. The van der Waals surface area contributed by atoms with E-state index >= 15 is 0 Å². The van der Waals surface area contributed by atoms with E-state index in [0.717, 1.165) is 11.1 Å². The maximum atomic E-state index is 13.3. The number of rotatable bonds is 5. The molecule has 0 radical (unpaired) electrons. The standard InChI is InChI=1S/C15H15FO2/c1-17-10-13-7-14(16)9-15(8-13)18-11-12-5-3-2-4-6-12/h2-9H,10-11H2,1H3. The van der Waals surface area contributed by atoms with Crippen molar-refractivity contribution in [2.75, 3.05) is 7.11 Å². The molecule has 0 aliphatic rings. The van der Waals surface area contributed by atoms with Gasteiger partial charge in [0.15, 0.2) is 0 Å². The number of ether oxygens (including phenoxy) is 2. The molecular weight excluding hydrogens is 231 g/mol. The minimum absolute atomic E-state index is 0.312. The largest absolute Gasteiger partial charge is 0.489 e. The summed E-state index contributed by atoms with van der Waals surface area (Å²) in [5.74, 6) is 0.207. The van der Waals surface area contributed by atoms with Crippen molar-refractivity contribution in [1.29, 1.82) is 0 Å². The number of hydrogen-bond donors (Lipinski definition) is 0. The Morgan fingerprint density at radius 2 is 1.72 bits per heavy atom. The first-order chi connectivity index (χ1) is 8.78. The van der Waals surface area contributed by atoms with Gasteiger partial charge in [0.1, 0.15) is 18.2 Å². The second kappa shape index (κ2) is 6.17. The van der Waals surface area contributed by atoms with Crippen LogP contribution in [-0.2, 0) is 18.0 Å². The molecule has 0 spiro atoms. The summed E-state index contributed by atoms with van der Waals surface area (Å²) < 4.78 is 23.9. The van der Waals surface area contributed by atoms with Gasteiger partial charge in [0.05, 0.1) is 6.61 Å². The predicted octanol–water partition coefficient (Wildman–Crippen LogP) is 3.55. The lowest BCUT2D eigenvalue weighted by molar-refractivity contribution is 0.184. The van der Waals surface area contributed by atoms with Crippen molar-refractivity contribution >= 4 is 0 Å². The van der Waals surface area contributed by atoms with E-state index in [4.69, 9.17) is 9.47 Å². The van der Waals surface area contributed by atoms with Crippen molar-refractivity contribution in [3.8, 4) is 5.75 Å². The third-order valence-corrected chi connectivity index (χ3v) is 2.49. The van der Waals surface area contributed by atoms with E-state index in [1.807, 2.05) is 30.3 Å². The first kappa shape index (κ1) is 12.6. The molecule has 94 valence electrons. The lowest BCUT2D eigenvalue weighted by Gasteiger charge is -2.08. The molecule has 2 aromatic rings. The van der Waals surface area contributed by atoms with Gasteiger partial charge in [0.2, 0.25) is 0 Å². The molecule has 0 heterocycles. The zero-order valence-corrected chi connectivity index (χ0v) is 10.2. The molecule has 0 atom stereocenters. The summed E-state index contributed by atoms with van der Waals surface area (Å²) in [6, 6.07) is 14.4. The van der Waals surface area contributed by atoms with Gasteiger partial charge in [-0.05, 0) is 23.3 Å². The van der Waals surface area contributed by atoms with Gasteiger partial charge < -0.3 is 9.47 Å². The highest BCUT2D eigenvalue weighted by molar-refractivity contribution is 5.29. The monoisotopic (exact) mass is 246 g/mol. The first-order valence-corrected chi connectivity index (χ1v) is 5.73. The average molecular weight is 246 g/mol. The molecule has 0 amide bonds. The Kier molecular flexibility index (Phi) is 4.31. The van der Waals surface area contributed by atoms with Crippen LogP contribution in [0.1, 0.15) is 11.1 Å². The zero-order valence-electron chi connectivity index (χ0n) is 10.2. The Hall–Kier alpha value is -1.87. The first-order valence-electron chi connectivity index (χ1n) is 5.73. The minimum atomic E-state index is -0.312. The maximum absolute atomic E-state index is 13.3. The second-order valence-corrected chi connectivity index (χ2v) is 4.00. The van der Waals surface area contributed by atoms with E-state index in [1.54, 1.807) is 13.2 Å². The average Bonchev–Trinajstić information content (AvgIpc) is 2.37. The van der Waals surface area contributed by atoms with Crippen LogP contribution in [0.15, 0.2) is 48.5 Å². The number of methoxy groups -OCH3 is 1. The van der Waals surface area contributed by atoms with Crippen molar-refractivity contribution in [3.05, 3.63) is 65.5 Å². The molecule has 0 aliphatic heterocycles. The quantitative estimate of drug-likeness (QED) is 0.803. The smallest absolute Gasteiger partial charge is 0.127 e. The van der Waals surface area contributed by atoms with Crippen LogP contribution in [0.2, 0.25) is 0 Å². The summed E-state index contributed by atoms with van der Waals surface area (Å²) in [4.78, 5) is 0. The molecule has 0 bridgehead atoms. The zero-order chi connectivity index (χ0) is 12.8. The fourth-order valence-electron chi connectivity index (χ4n) is 1.69. The van der Waals surface area contributed by atoms with E-state index in [2.05, 4.69) is 0 Å². The molecule has 2 rings (SSSR count). The van der Waals surface area contributed by atoms with E-state index < -0.39 is 0 Å². The molecule has 2 aromatic carbocycles. The molecule has 0 aromatic heterocycles. The number of hydrogen-bond acceptors (Lipinski definition) is 2. The van der Waals surface area contributed by atoms with Gasteiger partial charge in [0, 0.05) is 13.2 Å². The Labute approximate surface area is 106 Å². The van der Waals surface area contributed by atoms with E-state index in [-0.39, 0.29) is 5.82 Å². The van der Waals surface area contributed by atoms with Gasteiger partial charge >= 0.3 is 0 Å². The SMILES string of the molecule is COCc1cc(F)cc(OCc2ccccc2)c1. The fraction of sp³-hybridized carbons (Fsp3) is 0.200. The highest BCUT2D eigenvalue weighted by atomic mass is 19.1.